The van der Waals surface area contributed by atoms with Crippen molar-refractivity contribution >= 4 is 17.6 Å². The van der Waals surface area contributed by atoms with E-state index in [0.29, 0.717) is 18.0 Å². The predicted octanol–water partition coefficient (Wildman–Crippen LogP) is 2.27. The summed E-state index contributed by atoms with van der Waals surface area (Å²) in [6.45, 7) is 11.2. The molecule has 0 radical (unpaired) electrons. The molecule has 1 aliphatic carbocycles. The lowest BCUT2D eigenvalue weighted by molar-refractivity contribution is -0.907. The van der Waals surface area contributed by atoms with Gasteiger partial charge >= 0.3 is 6.03 Å². The summed E-state index contributed by atoms with van der Waals surface area (Å²) in [6.07, 6.45) is 4.74. The van der Waals surface area contributed by atoms with Gasteiger partial charge in [-0.3, -0.25) is 4.79 Å². The summed E-state index contributed by atoms with van der Waals surface area (Å²) in [4.78, 5) is 31.2. The van der Waals surface area contributed by atoms with Crippen molar-refractivity contribution in [2.24, 2.45) is 11.3 Å². The van der Waals surface area contributed by atoms with Crippen LogP contribution in [0.4, 0.5) is 10.5 Å². The Morgan fingerprint density at radius 3 is 2.33 bits per heavy atom. The molecule has 1 aromatic rings. The molecular formula is C24H37N4O2+. The number of quaternary nitrogens is 1. The van der Waals surface area contributed by atoms with Crippen molar-refractivity contribution in [2.75, 3.05) is 37.7 Å². The summed E-state index contributed by atoms with van der Waals surface area (Å²) in [7, 11) is 0. The topological polar surface area (TPSA) is 57.1 Å². The molecule has 0 bridgehead atoms. The molecule has 3 amide bonds. The average molecular weight is 414 g/mol. The molecule has 1 saturated carbocycles. The molecule has 0 unspecified atom stereocenters. The number of benzene rings is 1. The highest BCUT2D eigenvalue weighted by Gasteiger charge is 2.54. The Labute approximate surface area is 180 Å². The molecule has 2 aliphatic heterocycles. The van der Waals surface area contributed by atoms with Gasteiger partial charge in [-0.25, -0.2) is 9.69 Å². The first-order valence-corrected chi connectivity index (χ1v) is 11.6. The number of rotatable bonds is 5. The second-order valence-electron chi connectivity index (χ2n) is 10.1. The number of amides is 3. The highest BCUT2D eigenvalue weighted by molar-refractivity contribution is 6.06. The number of carbonyl (C=O) groups is 2. The zero-order valence-electron chi connectivity index (χ0n) is 18.7. The molecule has 164 valence electrons. The fourth-order valence-corrected chi connectivity index (χ4v) is 5.44. The molecule has 2 saturated heterocycles. The van der Waals surface area contributed by atoms with Crippen LogP contribution in [0.1, 0.15) is 52.9 Å². The molecule has 0 aromatic heterocycles. The van der Waals surface area contributed by atoms with E-state index in [4.69, 9.17) is 0 Å². The van der Waals surface area contributed by atoms with Gasteiger partial charge in [0.25, 0.3) is 5.91 Å². The summed E-state index contributed by atoms with van der Waals surface area (Å²) in [6, 6.07) is 10.3. The van der Waals surface area contributed by atoms with Crippen molar-refractivity contribution in [2.45, 2.75) is 58.4 Å². The quantitative estimate of drug-likeness (QED) is 0.728. The first-order valence-electron chi connectivity index (χ1n) is 11.6. The lowest BCUT2D eigenvalue weighted by Crippen LogP contribution is -3.16. The van der Waals surface area contributed by atoms with E-state index in [9.17, 15) is 9.59 Å². The maximum atomic E-state index is 13.3. The molecule has 3 aliphatic rings. The number of nitrogens with one attached hydrogen (secondary N) is 2. The molecule has 0 atom stereocenters. The van der Waals surface area contributed by atoms with Crippen LogP contribution in [-0.2, 0) is 4.79 Å². The molecule has 6 heteroatoms. The number of para-hydroxylation sites is 1. The third kappa shape index (κ3) is 3.94. The molecule has 30 heavy (non-hydrogen) atoms. The Morgan fingerprint density at radius 1 is 1.10 bits per heavy atom. The van der Waals surface area contributed by atoms with Crippen LogP contribution in [0.15, 0.2) is 30.3 Å². The van der Waals surface area contributed by atoms with Crippen LogP contribution in [0.25, 0.3) is 0 Å². The van der Waals surface area contributed by atoms with E-state index in [1.165, 1.54) is 15.5 Å². The number of piperazine rings is 1. The van der Waals surface area contributed by atoms with Gasteiger partial charge < -0.3 is 15.1 Å². The largest absolute Gasteiger partial charge is 0.360 e. The highest BCUT2D eigenvalue weighted by atomic mass is 16.2. The molecule has 6 nitrogen and oxygen atoms in total. The highest BCUT2D eigenvalue weighted by Crippen LogP contribution is 2.44. The monoisotopic (exact) mass is 413 g/mol. The average Bonchev–Trinajstić information content (AvgIpc) is 2.99. The first-order chi connectivity index (χ1) is 14.3. The molecule has 3 fully saturated rings. The summed E-state index contributed by atoms with van der Waals surface area (Å²) in [5, 5.41) is 3.10. The van der Waals surface area contributed by atoms with E-state index in [0.717, 1.165) is 58.3 Å². The van der Waals surface area contributed by atoms with Gasteiger partial charge in [0.2, 0.25) is 0 Å². The maximum absolute atomic E-state index is 13.3. The van der Waals surface area contributed by atoms with Gasteiger partial charge in [0, 0.05) is 5.69 Å². The number of carbonyl (C=O) groups excluding carboxylic acids is 2. The smallest absolute Gasteiger partial charge is 0.329 e. The van der Waals surface area contributed by atoms with Gasteiger partial charge in [-0.1, -0.05) is 45.4 Å². The number of nitrogens with zero attached hydrogens (tertiary/aromatic N) is 2. The molecule has 4 rings (SSSR count). The van der Waals surface area contributed by atoms with Crippen LogP contribution in [0, 0.1) is 11.3 Å². The molecule has 2 N–H and O–H groups in total. The third-order valence-corrected chi connectivity index (χ3v) is 8.08. The van der Waals surface area contributed by atoms with Crippen LogP contribution in [-0.4, -0.2) is 55.2 Å². The number of urea groups is 1. The Balaban J connectivity index is 1.33. The van der Waals surface area contributed by atoms with Crippen LogP contribution in [0.2, 0.25) is 0 Å². The van der Waals surface area contributed by atoms with E-state index in [-0.39, 0.29) is 11.9 Å². The van der Waals surface area contributed by atoms with Crippen LogP contribution in [0.5, 0.6) is 0 Å². The van der Waals surface area contributed by atoms with Crippen molar-refractivity contribution < 1.29 is 14.5 Å². The third-order valence-electron chi connectivity index (χ3n) is 8.08. The fraction of sp³-hybridized carbons (Fsp3) is 0.667. The second-order valence-corrected chi connectivity index (χ2v) is 10.1. The SMILES string of the molecule is CCC(C)(C)C1CCC2(CC1)NC(=O)N(C[NH+]1CCN(c3ccccc3)CC1)C2=O. The Bertz CT molecular complexity index is 763. The molecule has 2 heterocycles. The van der Waals surface area contributed by atoms with Crippen molar-refractivity contribution in [3.63, 3.8) is 0 Å². The van der Waals surface area contributed by atoms with Gasteiger partial charge in [0.1, 0.15) is 5.54 Å². The lowest BCUT2D eigenvalue weighted by atomic mass is 9.65. The predicted molar refractivity (Wildman–Crippen MR) is 118 cm³/mol. The fourth-order valence-electron chi connectivity index (χ4n) is 5.44. The van der Waals surface area contributed by atoms with Crippen LogP contribution in [0.3, 0.4) is 0 Å². The van der Waals surface area contributed by atoms with E-state index < -0.39 is 5.54 Å². The summed E-state index contributed by atoms with van der Waals surface area (Å²) >= 11 is 0. The van der Waals surface area contributed by atoms with E-state index in [1.54, 1.807) is 0 Å². The normalized spacial score (nSPS) is 28.3. The van der Waals surface area contributed by atoms with Gasteiger partial charge in [0.05, 0.1) is 26.2 Å². The Morgan fingerprint density at radius 2 is 1.73 bits per heavy atom. The van der Waals surface area contributed by atoms with E-state index in [1.807, 2.05) is 6.07 Å². The van der Waals surface area contributed by atoms with Gasteiger partial charge in [-0.05, 0) is 49.1 Å². The zero-order chi connectivity index (χ0) is 21.4. The number of imide groups is 1. The summed E-state index contributed by atoms with van der Waals surface area (Å²) < 4.78 is 0. The van der Waals surface area contributed by atoms with Gasteiger partial charge in [0.15, 0.2) is 6.67 Å². The van der Waals surface area contributed by atoms with E-state index in [2.05, 4.69) is 55.3 Å². The number of hydrogen-bond acceptors (Lipinski definition) is 3. The van der Waals surface area contributed by atoms with Crippen LogP contribution < -0.4 is 15.1 Å². The first kappa shape index (κ1) is 21.2. The van der Waals surface area contributed by atoms with E-state index >= 15 is 0 Å². The minimum absolute atomic E-state index is 0.0123. The molecule has 1 spiro atoms. The van der Waals surface area contributed by atoms with Crippen molar-refractivity contribution in [1.82, 2.24) is 10.2 Å². The Hall–Kier alpha value is -2.08. The van der Waals surface area contributed by atoms with Gasteiger partial charge in [-0.15, -0.1) is 0 Å². The standard InChI is InChI=1S/C24H36N4O2/c1-4-23(2,3)19-10-12-24(13-11-19)21(29)28(22(30)25-24)18-26-14-16-27(17-15-26)20-8-6-5-7-9-20/h5-9,19H,4,10-18H2,1-3H3,(H,25,30)/p+1. The molecule has 1 aromatic carbocycles. The minimum Gasteiger partial charge on any atom is -0.360 e. The van der Waals surface area contributed by atoms with Crippen molar-refractivity contribution in [3.05, 3.63) is 30.3 Å². The maximum Gasteiger partial charge on any atom is 0.329 e. The zero-order valence-corrected chi connectivity index (χ0v) is 18.7. The van der Waals surface area contributed by atoms with Gasteiger partial charge in [-0.2, -0.15) is 0 Å². The van der Waals surface area contributed by atoms with Crippen molar-refractivity contribution in [3.8, 4) is 0 Å². The molecular weight excluding hydrogens is 376 g/mol. The Kier molecular flexibility index (Phi) is 5.80. The second kappa shape index (κ2) is 8.22. The summed E-state index contributed by atoms with van der Waals surface area (Å²) in [5.41, 5.74) is 0.898. The lowest BCUT2D eigenvalue weighted by Gasteiger charge is -2.42. The summed E-state index contributed by atoms with van der Waals surface area (Å²) in [5.74, 6) is 0.641. The minimum atomic E-state index is -0.650. The van der Waals surface area contributed by atoms with Crippen LogP contribution >= 0.6 is 0 Å². The number of hydrogen-bond donors (Lipinski definition) is 2. The van der Waals surface area contributed by atoms with Crippen molar-refractivity contribution in [1.29, 1.82) is 0 Å². The number of anilines is 1.